The van der Waals surface area contributed by atoms with Gasteiger partial charge in [0.25, 0.3) is 16.0 Å². The van der Waals surface area contributed by atoms with Gasteiger partial charge < -0.3 is 16.2 Å². The molecule has 8 N–H and O–H groups in total. The van der Waals surface area contributed by atoms with Gasteiger partial charge in [0.1, 0.15) is 22.0 Å². The van der Waals surface area contributed by atoms with Crippen LogP contribution < -0.4 is 11.1 Å². The number of carbonyl (C=O) groups excluding carboxylic acids is 1. The molecule has 26 nitrogen and oxygen atoms in total. The van der Waals surface area contributed by atoms with E-state index in [4.69, 9.17) is 29.9 Å². The summed E-state index contributed by atoms with van der Waals surface area (Å²) in [5, 5.41) is 65.8. The lowest BCUT2D eigenvalue weighted by Crippen LogP contribution is -2.13. The van der Waals surface area contributed by atoms with Crippen LogP contribution in [0.5, 0.6) is 5.75 Å². The van der Waals surface area contributed by atoms with Gasteiger partial charge in [0.15, 0.2) is 50.1 Å². The highest BCUT2D eigenvalue weighted by Crippen LogP contribution is 2.48. The second-order valence-corrected chi connectivity index (χ2v) is 19.5. The van der Waals surface area contributed by atoms with Crippen molar-refractivity contribution in [2.75, 3.05) is 35.8 Å². The van der Waals surface area contributed by atoms with E-state index in [1.807, 2.05) is 0 Å². The van der Waals surface area contributed by atoms with Gasteiger partial charge in [-0.3, -0.25) is 17.7 Å². The van der Waals surface area contributed by atoms with E-state index >= 15 is 0 Å². The molecule has 0 heterocycles. The third-order valence-corrected chi connectivity index (χ3v) is 13.8. The predicted molar refractivity (Wildman–Crippen MR) is 227 cm³/mol. The highest BCUT2D eigenvalue weighted by Gasteiger charge is 2.24. The Labute approximate surface area is 379 Å². The summed E-state index contributed by atoms with van der Waals surface area (Å²) in [6, 6.07) is 17.8. The summed E-state index contributed by atoms with van der Waals surface area (Å²) in [6.07, 6.45) is 0. The summed E-state index contributed by atoms with van der Waals surface area (Å²) in [5.41, 5.74) is 6.09. The molecule has 0 fully saturated rings. The molecule has 0 saturated carbocycles. The predicted octanol–water partition coefficient (Wildman–Crippen LogP) is 7.44. The van der Waals surface area contributed by atoms with Gasteiger partial charge in [0.2, 0.25) is 0 Å². The Morgan fingerprint density at radius 2 is 1.25 bits per heavy atom. The first-order chi connectivity index (χ1) is 31.0. The van der Waals surface area contributed by atoms with Crippen molar-refractivity contribution in [2.45, 2.75) is 19.6 Å². The van der Waals surface area contributed by atoms with Crippen molar-refractivity contribution in [3.05, 3.63) is 90.5 Å². The molecule has 348 valence electrons. The van der Waals surface area contributed by atoms with Crippen LogP contribution in [0.2, 0.25) is 0 Å². The number of anilines is 2. The van der Waals surface area contributed by atoms with E-state index in [9.17, 15) is 39.7 Å². The van der Waals surface area contributed by atoms with Crippen LogP contribution >= 0.6 is 36.7 Å². The first-order valence-corrected chi connectivity index (χ1v) is 24.0. The fraction of sp³-hybridized carbons (Fsp3) is 0.121. The summed E-state index contributed by atoms with van der Waals surface area (Å²) in [4.78, 5) is 11.2. The molecule has 0 saturated heterocycles. The number of azo groups is 2. The minimum atomic E-state index is -5.14. The van der Waals surface area contributed by atoms with E-state index in [-0.39, 0.29) is 80.1 Å². The fourth-order valence-corrected chi connectivity index (χ4v) is 9.27. The average Bonchev–Trinajstić information content (AvgIpc) is 3.27. The zero-order valence-electron chi connectivity index (χ0n) is 32.1. The van der Waals surface area contributed by atoms with E-state index in [0.29, 0.717) is 18.1 Å². The van der Waals surface area contributed by atoms with Crippen molar-refractivity contribution >= 4 is 117 Å². The zero-order valence-corrected chi connectivity index (χ0v) is 37.0. The van der Waals surface area contributed by atoms with E-state index < -0.39 is 80.7 Å². The molecule has 0 aliphatic carbocycles. The van der Waals surface area contributed by atoms with Crippen molar-refractivity contribution in [3.8, 4) is 5.75 Å². The molecule has 5 aromatic rings. The molecule has 0 atom stereocenters. The zero-order chi connectivity index (χ0) is 47.2. The van der Waals surface area contributed by atoms with Crippen LogP contribution in [0, 0.1) is 0 Å². The second-order valence-electron chi connectivity index (χ2n) is 12.1. The smallest absolute Gasteiger partial charge is 0.296 e. The van der Waals surface area contributed by atoms with Crippen LogP contribution in [0.4, 0.5) is 34.1 Å². The van der Waals surface area contributed by atoms with E-state index in [2.05, 4.69) is 53.9 Å². The summed E-state index contributed by atoms with van der Waals surface area (Å²) in [5.74, 6) is -2.26. The number of rotatable bonds is 24. The number of nitrogens with zero attached hydrogens (tertiary/aromatic N) is 4. The third kappa shape index (κ3) is 14.0. The number of hydrogen-bond acceptors (Lipinski definition) is 27. The number of nitrogens with one attached hydrogen (secondary N) is 1. The van der Waals surface area contributed by atoms with E-state index in [0.717, 1.165) is 12.1 Å². The van der Waals surface area contributed by atoms with Gasteiger partial charge in [-0.2, -0.15) is 13.5 Å². The maximum absolute atomic E-state index is 13.0. The Balaban J connectivity index is 1.36. The number of benzene rings is 5. The minimum absolute atomic E-state index is 0.0146. The molecule has 0 bridgehead atoms. The summed E-state index contributed by atoms with van der Waals surface area (Å²) in [7, 11) is -13.1. The molecule has 0 unspecified atom stereocenters. The Bertz CT molecular complexity index is 2880. The molecule has 32 heteroatoms. The standard InChI is InChI=1S/C33H30N6O20S6/c34-26-11-10-24-25(30(26)38-36-21-3-1-19(2-4-21)33(41)35-20-5-7-22(8-6-20)63(45,46)15-13-52-61-58-55-43)18-28(60-57-54-42)31(32(24)40)39-37-27-12-9-23(17-29(27)65(49,50)51)64(47,48)16-14-53-62-59-56-44/h1-12,17-18,40,42-44H,13-16,34H2,(H,35,41)(H,49,50,51). The Morgan fingerprint density at radius 3 is 1.85 bits per heavy atom. The van der Waals surface area contributed by atoms with Crippen LogP contribution in [0.15, 0.2) is 125 Å². The Hall–Kier alpha value is -4.95. The summed E-state index contributed by atoms with van der Waals surface area (Å²) < 4.78 is 107. The van der Waals surface area contributed by atoms with Crippen molar-refractivity contribution in [3.63, 3.8) is 0 Å². The van der Waals surface area contributed by atoms with Gasteiger partial charge in [-0.1, -0.05) is 15.1 Å². The van der Waals surface area contributed by atoms with Crippen LogP contribution in [0.3, 0.4) is 0 Å². The number of fused-ring (bicyclic) bond motifs is 1. The van der Waals surface area contributed by atoms with Gasteiger partial charge in [0, 0.05) is 22.0 Å². The molecule has 0 aliphatic rings. The first-order valence-electron chi connectivity index (χ1n) is 17.2. The van der Waals surface area contributed by atoms with Crippen LogP contribution in [-0.2, 0) is 66.3 Å². The monoisotopic (exact) mass is 1020 g/mol. The first kappa shape index (κ1) is 51.0. The molecule has 0 radical (unpaired) electrons. The SMILES string of the molecule is Nc1ccc2c(O)c(N=Nc3ccc(S(=O)(=O)CCOSOOO)cc3S(=O)(=O)O)c(SOOO)cc2c1N=Nc1ccc(C(=O)Nc2ccc(S(=O)(=O)CCOSOOO)cc2)cc1. The molecule has 5 aromatic carbocycles. The van der Waals surface area contributed by atoms with Gasteiger partial charge in [-0.05, 0) is 84.9 Å². The molecule has 0 aliphatic heterocycles. The van der Waals surface area contributed by atoms with E-state index in [1.165, 1.54) is 66.7 Å². The van der Waals surface area contributed by atoms with Crippen molar-refractivity contribution in [1.82, 2.24) is 0 Å². The molecule has 5 rings (SSSR count). The molecule has 0 spiro atoms. The summed E-state index contributed by atoms with van der Waals surface area (Å²) >= 11 is 0.665. The Kier molecular flexibility index (Phi) is 18.4. The highest BCUT2D eigenvalue weighted by atomic mass is 32.2. The topological polar surface area (TPSA) is 382 Å². The molecular weight excluding hydrogens is 993 g/mol. The normalized spacial score (nSPS) is 12.4. The van der Waals surface area contributed by atoms with Gasteiger partial charge >= 0.3 is 0 Å². The molecule has 65 heavy (non-hydrogen) atoms. The van der Waals surface area contributed by atoms with Crippen LogP contribution in [-0.4, -0.2) is 81.3 Å². The lowest BCUT2D eigenvalue weighted by molar-refractivity contribution is -0.434. The number of phenolic OH excluding ortho intramolecular Hbond substituents is 1. The van der Waals surface area contributed by atoms with Gasteiger partial charge in [0.05, 0.1) is 62.8 Å². The minimum Gasteiger partial charge on any atom is -0.505 e. The van der Waals surface area contributed by atoms with Crippen molar-refractivity contribution < 1.29 is 92.0 Å². The Morgan fingerprint density at radius 1 is 0.662 bits per heavy atom. The fourth-order valence-electron chi connectivity index (χ4n) is 5.22. The van der Waals surface area contributed by atoms with Gasteiger partial charge in [-0.15, -0.1) is 28.3 Å². The number of amides is 1. The number of aromatic hydroxyl groups is 1. The second kappa shape index (κ2) is 23.5. The number of nitrogens with two attached hydrogens (primary N) is 1. The third-order valence-electron chi connectivity index (χ3n) is 8.17. The van der Waals surface area contributed by atoms with Gasteiger partial charge in [-0.25, -0.2) is 32.6 Å². The van der Waals surface area contributed by atoms with Crippen molar-refractivity contribution in [2.24, 2.45) is 20.5 Å². The largest absolute Gasteiger partial charge is 0.505 e. The lowest BCUT2D eigenvalue weighted by Gasteiger charge is -2.12. The molecular formula is C33H30N6O20S6. The maximum Gasteiger partial charge on any atom is 0.296 e. The van der Waals surface area contributed by atoms with E-state index in [1.54, 1.807) is 0 Å². The molecule has 0 aromatic heterocycles. The van der Waals surface area contributed by atoms with Crippen LogP contribution in [0.25, 0.3) is 10.8 Å². The number of sulfone groups is 2. The average molecular weight is 1020 g/mol. The quantitative estimate of drug-likeness (QED) is 0.00600. The van der Waals surface area contributed by atoms with Crippen LogP contribution in [0.1, 0.15) is 10.4 Å². The highest BCUT2D eigenvalue weighted by molar-refractivity contribution is 7.94. The number of hydrogen-bond donors (Lipinski definition) is 7. The van der Waals surface area contributed by atoms with Crippen molar-refractivity contribution in [1.29, 1.82) is 0 Å². The number of nitrogen functional groups attached to an aromatic ring is 1. The summed E-state index contributed by atoms with van der Waals surface area (Å²) in [6.45, 7) is -0.774. The maximum atomic E-state index is 13.0. The lowest BCUT2D eigenvalue weighted by atomic mass is 10.1. The molecule has 1 amide bonds. The number of carbonyl (C=O) groups is 1. The number of phenols is 1.